The standard InChI is InChI=1S/C28H30BrCl2N3O5S/c1-4-26(28(36)32-3)33(17-19-6-15-24(30)25(31)16-19)27(35)18-34(21-9-11-22(12-10-21)39-5-2)40(37,38)23-13-7-20(29)8-14-23/h6-16,26H,4-5,17-18H2,1-3H3,(H,32,36)/t26-/m0/s1. The second-order valence-corrected chi connectivity index (χ2v) is 12.3. The molecule has 0 aliphatic heterocycles. The van der Waals surface area contributed by atoms with Gasteiger partial charge in [0.05, 0.1) is 27.2 Å². The molecule has 0 radical (unpaired) electrons. The third kappa shape index (κ3) is 7.69. The van der Waals surface area contributed by atoms with Crippen LogP contribution in [0.3, 0.4) is 0 Å². The van der Waals surface area contributed by atoms with Crippen LogP contribution in [0.1, 0.15) is 25.8 Å². The van der Waals surface area contributed by atoms with Gasteiger partial charge in [-0.15, -0.1) is 0 Å². The first-order chi connectivity index (χ1) is 19.0. The molecule has 0 heterocycles. The summed E-state index contributed by atoms with van der Waals surface area (Å²) in [4.78, 5) is 28.1. The van der Waals surface area contributed by atoms with Crippen LogP contribution in [0.2, 0.25) is 10.0 Å². The number of ether oxygens (including phenoxy) is 1. The number of carbonyl (C=O) groups excluding carboxylic acids is 2. The summed E-state index contributed by atoms with van der Waals surface area (Å²) in [6, 6.07) is 16.6. The van der Waals surface area contributed by atoms with Crippen molar-refractivity contribution >= 4 is 66.7 Å². The first-order valence-electron chi connectivity index (χ1n) is 12.5. The van der Waals surface area contributed by atoms with Crippen molar-refractivity contribution in [1.82, 2.24) is 10.2 Å². The maximum absolute atomic E-state index is 14.0. The third-order valence-electron chi connectivity index (χ3n) is 6.09. The highest BCUT2D eigenvalue weighted by atomic mass is 79.9. The average Bonchev–Trinajstić information content (AvgIpc) is 2.94. The fourth-order valence-electron chi connectivity index (χ4n) is 4.06. The number of halogens is 3. The summed E-state index contributed by atoms with van der Waals surface area (Å²) in [5.41, 5.74) is 0.899. The Morgan fingerprint density at radius 1 is 0.975 bits per heavy atom. The summed E-state index contributed by atoms with van der Waals surface area (Å²) in [6.45, 7) is 3.52. The molecule has 0 fully saturated rings. The van der Waals surface area contributed by atoms with Crippen molar-refractivity contribution < 1.29 is 22.7 Å². The molecule has 0 unspecified atom stereocenters. The molecular formula is C28H30BrCl2N3O5S. The smallest absolute Gasteiger partial charge is 0.264 e. The highest BCUT2D eigenvalue weighted by Gasteiger charge is 2.33. The van der Waals surface area contributed by atoms with Crippen LogP contribution in [-0.2, 0) is 26.2 Å². The number of hydrogen-bond donors (Lipinski definition) is 1. The van der Waals surface area contributed by atoms with E-state index in [1.807, 2.05) is 6.92 Å². The van der Waals surface area contributed by atoms with E-state index in [1.54, 1.807) is 61.5 Å². The largest absolute Gasteiger partial charge is 0.494 e. The zero-order valence-electron chi connectivity index (χ0n) is 22.2. The van der Waals surface area contributed by atoms with E-state index >= 15 is 0 Å². The number of sulfonamides is 1. The second-order valence-electron chi connectivity index (χ2n) is 8.70. The molecule has 0 aliphatic rings. The molecule has 214 valence electrons. The summed E-state index contributed by atoms with van der Waals surface area (Å²) in [5.74, 6) is -0.388. The zero-order chi connectivity index (χ0) is 29.4. The number of nitrogens with one attached hydrogen (secondary N) is 1. The van der Waals surface area contributed by atoms with Crippen LogP contribution < -0.4 is 14.4 Å². The van der Waals surface area contributed by atoms with E-state index in [1.165, 1.54) is 24.1 Å². The van der Waals surface area contributed by atoms with E-state index in [-0.39, 0.29) is 23.0 Å². The fourth-order valence-corrected chi connectivity index (χ4v) is 6.06. The molecule has 3 aromatic rings. The SMILES string of the molecule is CCOc1ccc(N(CC(=O)N(Cc2ccc(Cl)c(Cl)c2)[C@@H](CC)C(=O)NC)S(=O)(=O)c2ccc(Br)cc2)cc1. The van der Waals surface area contributed by atoms with Crippen LogP contribution >= 0.6 is 39.1 Å². The minimum absolute atomic E-state index is 0.00626. The van der Waals surface area contributed by atoms with Crippen LogP contribution in [0.4, 0.5) is 5.69 Å². The predicted octanol–water partition coefficient (Wildman–Crippen LogP) is 5.90. The van der Waals surface area contributed by atoms with Crippen LogP contribution in [0.15, 0.2) is 76.1 Å². The number of amides is 2. The molecule has 0 spiro atoms. The quantitative estimate of drug-likeness (QED) is 0.259. The Morgan fingerprint density at radius 3 is 2.17 bits per heavy atom. The van der Waals surface area contributed by atoms with E-state index in [0.29, 0.717) is 38.9 Å². The van der Waals surface area contributed by atoms with E-state index in [4.69, 9.17) is 27.9 Å². The summed E-state index contributed by atoms with van der Waals surface area (Å²) in [6.07, 6.45) is 0.301. The van der Waals surface area contributed by atoms with Gasteiger partial charge in [0.15, 0.2) is 0 Å². The monoisotopic (exact) mass is 669 g/mol. The molecule has 12 heteroatoms. The topological polar surface area (TPSA) is 96.0 Å². The van der Waals surface area contributed by atoms with Crippen molar-refractivity contribution in [3.05, 3.63) is 86.8 Å². The lowest BCUT2D eigenvalue weighted by Gasteiger charge is -2.33. The van der Waals surface area contributed by atoms with Gasteiger partial charge in [0.25, 0.3) is 10.0 Å². The highest BCUT2D eigenvalue weighted by molar-refractivity contribution is 9.10. The third-order valence-corrected chi connectivity index (χ3v) is 9.14. The lowest BCUT2D eigenvalue weighted by atomic mass is 10.1. The van der Waals surface area contributed by atoms with Crippen LogP contribution in [-0.4, -0.2) is 51.4 Å². The van der Waals surface area contributed by atoms with E-state index in [0.717, 1.165) is 4.31 Å². The van der Waals surface area contributed by atoms with Crippen LogP contribution in [0, 0.1) is 0 Å². The van der Waals surface area contributed by atoms with E-state index in [9.17, 15) is 18.0 Å². The lowest BCUT2D eigenvalue weighted by molar-refractivity contribution is -0.140. The van der Waals surface area contributed by atoms with Crippen molar-refractivity contribution in [1.29, 1.82) is 0 Å². The number of anilines is 1. The van der Waals surface area contributed by atoms with Crippen molar-refractivity contribution in [3.63, 3.8) is 0 Å². The Labute approximate surface area is 253 Å². The molecule has 3 aromatic carbocycles. The van der Waals surface area contributed by atoms with Gasteiger partial charge >= 0.3 is 0 Å². The maximum atomic E-state index is 14.0. The zero-order valence-corrected chi connectivity index (χ0v) is 26.1. The first kappa shape index (κ1) is 31.7. The lowest BCUT2D eigenvalue weighted by Crippen LogP contribution is -2.51. The second kappa shape index (κ2) is 14.2. The molecule has 3 rings (SSSR count). The van der Waals surface area contributed by atoms with E-state index in [2.05, 4.69) is 21.2 Å². The number of likely N-dealkylation sites (N-methyl/N-ethyl adjacent to an activating group) is 1. The minimum Gasteiger partial charge on any atom is -0.494 e. The molecular weight excluding hydrogens is 641 g/mol. The number of hydrogen-bond acceptors (Lipinski definition) is 5. The van der Waals surface area contributed by atoms with Gasteiger partial charge in [-0.1, -0.05) is 52.1 Å². The van der Waals surface area contributed by atoms with Crippen molar-refractivity contribution in [2.24, 2.45) is 0 Å². The Morgan fingerprint density at radius 2 is 1.62 bits per heavy atom. The molecule has 0 saturated heterocycles. The Bertz CT molecular complexity index is 1440. The molecule has 2 amide bonds. The molecule has 0 bridgehead atoms. The minimum atomic E-state index is -4.18. The summed E-state index contributed by atoms with van der Waals surface area (Å²) >= 11 is 15.6. The van der Waals surface area contributed by atoms with Crippen LogP contribution in [0.25, 0.3) is 0 Å². The van der Waals surface area contributed by atoms with Crippen molar-refractivity contribution in [3.8, 4) is 5.75 Å². The van der Waals surface area contributed by atoms with Gasteiger partial charge in [-0.25, -0.2) is 8.42 Å². The Kier molecular flexibility index (Phi) is 11.3. The molecule has 0 aromatic heterocycles. The summed E-state index contributed by atoms with van der Waals surface area (Å²) in [5, 5.41) is 3.24. The maximum Gasteiger partial charge on any atom is 0.264 e. The van der Waals surface area contributed by atoms with Gasteiger partial charge < -0.3 is 15.0 Å². The Balaban J connectivity index is 2.06. The number of rotatable bonds is 12. The summed E-state index contributed by atoms with van der Waals surface area (Å²) < 4.78 is 35.0. The highest BCUT2D eigenvalue weighted by Crippen LogP contribution is 2.28. The van der Waals surface area contributed by atoms with Gasteiger partial charge in [-0.3, -0.25) is 13.9 Å². The number of benzene rings is 3. The normalized spacial score (nSPS) is 11.9. The van der Waals surface area contributed by atoms with Gasteiger partial charge in [-0.05, 0) is 79.6 Å². The molecule has 0 aliphatic carbocycles. The summed E-state index contributed by atoms with van der Waals surface area (Å²) in [7, 11) is -2.70. The predicted molar refractivity (Wildman–Crippen MR) is 161 cm³/mol. The average molecular weight is 671 g/mol. The van der Waals surface area contributed by atoms with Crippen LogP contribution in [0.5, 0.6) is 5.75 Å². The van der Waals surface area contributed by atoms with Gasteiger partial charge in [0.1, 0.15) is 18.3 Å². The molecule has 1 atom stereocenters. The fraction of sp³-hybridized carbons (Fsp3) is 0.286. The first-order valence-corrected chi connectivity index (χ1v) is 15.5. The van der Waals surface area contributed by atoms with Gasteiger partial charge in [0, 0.05) is 18.1 Å². The van der Waals surface area contributed by atoms with Gasteiger partial charge in [0.2, 0.25) is 11.8 Å². The molecule has 0 saturated carbocycles. The van der Waals surface area contributed by atoms with Crippen molar-refractivity contribution in [2.45, 2.75) is 37.8 Å². The molecule has 8 nitrogen and oxygen atoms in total. The number of nitrogens with zero attached hydrogens (tertiary/aromatic N) is 2. The molecule has 1 N–H and O–H groups in total. The Hall–Kier alpha value is -2.79. The van der Waals surface area contributed by atoms with E-state index < -0.39 is 28.5 Å². The van der Waals surface area contributed by atoms with Crippen molar-refractivity contribution in [2.75, 3.05) is 24.5 Å². The molecule has 40 heavy (non-hydrogen) atoms. The van der Waals surface area contributed by atoms with Gasteiger partial charge in [-0.2, -0.15) is 0 Å². The number of carbonyl (C=O) groups is 2.